The van der Waals surface area contributed by atoms with Gasteiger partial charge in [-0.15, -0.1) is 0 Å². The van der Waals surface area contributed by atoms with Crippen LogP contribution in [0, 0.1) is 0 Å². The minimum absolute atomic E-state index is 0.0278. The fourth-order valence-electron chi connectivity index (χ4n) is 0.403. The average Bonchev–Trinajstić information content (AvgIpc) is 2.17. The lowest BCUT2D eigenvalue weighted by Gasteiger charge is -1.92. The Morgan fingerprint density at radius 2 is 2.38 bits per heavy atom. The van der Waals surface area contributed by atoms with Crippen LogP contribution in [-0.4, -0.2) is 17.0 Å². The lowest BCUT2D eigenvalue weighted by molar-refractivity contribution is 0.148. The van der Waals surface area contributed by atoms with Gasteiger partial charge in [0.1, 0.15) is 6.10 Å². The Morgan fingerprint density at radius 1 is 1.88 bits per heavy atom. The molecule has 0 heterocycles. The number of carbonyl (C=O) groups is 1. The summed E-state index contributed by atoms with van der Waals surface area (Å²) in [5, 5.41) is 0. The number of hydrogen-bond donors (Lipinski definition) is 0. The quantitative estimate of drug-likeness (QED) is 0.562. The summed E-state index contributed by atoms with van der Waals surface area (Å²) in [4.78, 5) is 10.2. The number of nitrogens with one attached hydrogen (secondary N) is 1. The molecule has 1 radical (unpaired) electrons. The molecule has 3 nitrogen and oxygen atoms in total. The summed E-state index contributed by atoms with van der Waals surface area (Å²) in [6.07, 6.45) is -0.109. The molecular formula is C4H5BrNO2. The summed E-state index contributed by atoms with van der Waals surface area (Å²) >= 11 is 3.22. The largest absolute Gasteiger partial charge is 0.444 e. The van der Waals surface area contributed by atoms with Crippen molar-refractivity contribution in [2.45, 2.75) is 17.4 Å². The van der Waals surface area contributed by atoms with Gasteiger partial charge in [0, 0.05) is 6.42 Å². The van der Waals surface area contributed by atoms with Gasteiger partial charge in [0.15, 0.2) is 0 Å². The molecule has 1 fully saturated rings. The van der Waals surface area contributed by atoms with E-state index in [1.165, 1.54) is 0 Å². The van der Waals surface area contributed by atoms with E-state index in [0.29, 0.717) is 4.83 Å². The highest BCUT2D eigenvalue weighted by Gasteiger charge is 2.38. The fourth-order valence-corrected chi connectivity index (χ4v) is 0.879. The van der Waals surface area contributed by atoms with Gasteiger partial charge in [-0.2, -0.15) is 0 Å². The molecule has 0 spiro atoms. The maximum atomic E-state index is 9.86. The van der Waals surface area contributed by atoms with Crippen molar-refractivity contribution in [2.75, 3.05) is 0 Å². The highest BCUT2D eigenvalue weighted by Crippen LogP contribution is 2.32. The summed E-state index contributed by atoms with van der Waals surface area (Å²) in [5.74, 6) is 0. The number of hydrogen-bond acceptors (Lipinski definition) is 2. The second-order valence-electron chi connectivity index (χ2n) is 1.70. The van der Waals surface area contributed by atoms with Crippen molar-refractivity contribution in [2.24, 2.45) is 0 Å². The second-order valence-corrected chi connectivity index (χ2v) is 2.87. The molecule has 1 N–H and O–H groups in total. The van der Waals surface area contributed by atoms with Crippen LogP contribution >= 0.6 is 15.9 Å². The molecule has 1 aliphatic rings. The zero-order chi connectivity index (χ0) is 6.15. The molecule has 0 aliphatic heterocycles. The van der Waals surface area contributed by atoms with Gasteiger partial charge in [-0.05, 0) is 0 Å². The molecule has 2 atom stereocenters. The van der Waals surface area contributed by atoms with Crippen LogP contribution < -0.4 is 5.73 Å². The minimum atomic E-state index is -0.933. The molecular weight excluding hydrogens is 174 g/mol. The van der Waals surface area contributed by atoms with Crippen LogP contribution in [0.25, 0.3) is 0 Å². The molecule has 1 amide bonds. The predicted octanol–water partition coefficient (Wildman–Crippen LogP) is 0.942. The summed E-state index contributed by atoms with van der Waals surface area (Å²) in [7, 11) is 0. The van der Waals surface area contributed by atoms with Gasteiger partial charge in [-0.1, -0.05) is 15.9 Å². The van der Waals surface area contributed by atoms with Gasteiger partial charge in [0.2, 0.25) is 0 Å². The maximum Gasteiger partial charge on any atom is 0.426 e. The molecule has 2 unspecified atom stereocenters. The first-order valence-electron chi connectivity index (χ1n) is 2.26. The number of carbonyl (C=O) groups excluding carboxylic acids is 1. The molecule has 0 aromatic rings. The monoisotopic (exact) mass is 178 g/mol. The molecule has 1 aliphatic carbocycles. The number of alkyl halides is 1. The third kappa shape index (κ3) is 1.36. The van der Waals surface area contributed by atoms with E-state index in [1.54, 1.807) is 0 Å². The van der Waals surface area contributed by atoms with Crippen LogP contribution in [0.1, 0.15) is 6.42 Å². The molecule has 0 bridgehead atoms. The van der Waals surface area contributed by atoms with E-state index >= 15 is 0 Å². The Kier molecular flexibility index (Phi) is 1.42. The van der Waals surface area contributed by atoms with Crippen molar-refractivity contribution in [1.29, 1.82) is 0 Å². The van der Waals surface area contributed by atoms with Crippen molar-refractivity contribution < 1.29 is 9.53 Å². The van der Waals surface area contributed by atoms with Gasteiger partial charge in [0.05, 0.1) is 4.83 Å². The van der Waals surface area contributed by atoms with Crippen LogP contribution in [0.5, 0.6) is 0 Å². The van der Waals surface area contributed by atoms with E-state index in [0.717, 1.165) is 6.42 Å². The minimum Gasteiger partial charge on any atom is -0.444 e. The van der Waals surface area contributed by atoms with Gasteiger partial charge >= 0.3 is 6.09 Å². The highest BCUT2D eigenvalue weighted by molar-refractivity contribution is 9.09. The topological polar surface area (TPSA) is 50.1 Å². The van der Waals surface area contributed by atoms with E-state index in [9.17, 15) is 4.79 Å². The molecule has 45 valence electrons. The first-order chi connectivity index (χ1) is 3.70. The molecule has 1 rings (SSSR count). The first kappa shape index (κ1) is 5.88. The SMILES string of the molecule is [NH]C(=O)OC1CC1Br. The van der Waals surface area contributed by atoms with Crippen molar-refractivity contribution in [3.05, 3.63) is 0 Å². The van der Waals surface area contributed by atoms with E-state index in [-0.39, 0.29) is 6.10 Å². The predicted molar refractivity (Wildman–Crippen MR) is 30.7 cm³/mol. The molecule has 0 aromatic carbocycles. The van der Waals surface area contributed by atoms with Crippen molar-refractivity contribution >= 4 is 22.0 Å². The molecule has 4 heteroatoms. The third-order valence-corrected chi connectivity index (χ3v) is 1.88. The van der Waals surface area contributed by atoms with Crippen molar-refractivity contribution in [3.8, 4) is 0 Å². The third-order valence-electron chi connectivity index (χ3n) is 0.916. The van der Waals surface area contributed by atoms with Crippen LogP contribution in [0.15, 0.2) is 0 Å². The number of ether oxygens (including phenoxy) is 1. The van der Waals surface area contributed by atoms with Crippen molar-refractivity contribution in [3.63, 3.8) is 0 Å². The lowest BCUT2D eigenvalue weighted by atomic mass is 10.8. The van der Waals surface area contributed by atoms with Gasteiger partial charge in [-0.25, -0.2) is 10.5 Å². The normalized spacial score (nSPS) is 34.1. The summed E-state index contributed by atoms with van der Waals surface area (Å²) in [5.41, 5.74) is 6.36. The Hall–Kier alpha value is -0.250. The van der Waals surface area contributed by atoms with Gasteiger partial charge in [0.25, 0.3) is 0 Å². The van der Waals surface area contributed by atoms with Crippen LogP contribution in [0.2, 0.25) is 0 Å². The van der Waals surface area contributed by atoms with Crippen LogP contribution in [-0.2, 0) is 4.74 Å². The fraction of sp³-hybridized carbons (Fsp3) is 0.750. The number of halogens is 1. The van der Waals surface area contributed by atoms with E-state index in [1.807, 2.05) is 0 Å². The van der Waals surface area contributed by atoms with Gasteiger partial charge < -0.3 is 4.74 Å². The average molecular weight is 179 g/mol. The Morgan fingerprint density at radius 3 is 2.50 bits per heavy atom. The molecule has 0 aromatic heterocycles. The second kappa shape index (κ2) is 1.93. The van der Waals surface area contributed by atoms with E-state index < -0.39 is 6.09 Å². The highest BCUT2D eigenvalue weighted by atomic mass is 79.9. The van der Waals surface area contributed by atoms with E-state index in [2.05, 4.69) is 20.7 Å². The molecule has 0 saturated heterocycles. The Balaban J connectivity index is 2.14. The molecule has 1 saturated carbocycles. The van der Waals surface area contributed by atoms with Gasteiger partial charge in [-0.3, -0.25) is 0 Å². The molecule has 8 heavy (non-hydrogen) atoms. The zero-order valence-electron chi connectivity index (χ0n) is 4.06. The Labute approximate surface area is 55.3 Å². The van der Waals surface area contributed by atoms with Crippen molar-refractivity contribution in [1.82, 2.24) is 5.73 Å². The summed E-state index contributed by atoms with van der Waals surface area (Å²) in [6, 6.07) is 0. The van der Waals surface area contributed by atoms with E-state index in [4.69, 9.17) is 5.73 Å². The van der Waals surface area contributed by atoms with Crippen LogP contribution in [0.4, 0.5) is 4.79 Å². The Bertz CT molecular complexity index is 117. The maximum absolute atomic E-state index is 9.86. The number of amides is 1. The smallest absolute Gasteiger partial charge is 0.426 e. The summed E-state index contributed by atoms with van der Waals surface area (Å²) < 4.78 is 4.45. The van der Waals surface area contributed by atoms with Crippen LogP contribution in [0.3, 0.4) is 0 Å². The number of rotatable bonds is 1. The first-order valence-corrected chi connectivity index (χ1v) is 3.18. The lowest BCUT2D eigenvalue weighted by Crippen LogP contribution is -2.05. The summed E-state index contributed by atoms with van der Waals surface area (Å²) in [6.45, 7) is 0. The zero-order valence-corrected chi connectivity index (χ0v) is 5.64. The standard InChI is InChI=1S/C4H5BrNO2/c5-2-1-3(2)8-4(6)7/h2-3,6H,1H2.